The van der Waals surface area contributed by atoms with E-state index in [-0.39, 0.29) is 18.7 Å². The second kappa shape index (κ2) is 8.53. The third-order valence-electron chi connectivity index (χ3n) is 2.75. The Balaban J connectivity index is 3.73. The van der Waals surface area contributed by atoms with Gasteiger partial charge in [0.15, 0.2) is 0 Å². The summed E-state index contributed by atoms with van der Waals surface area (Å²) in [6, 6.07) is -0.311. The fourth-order valence-corrected chi connectivity index (χ4v) is 1.33. The molecule has 4 nitrogen and oxygen atoms in total. The molecule has 1 unspecified atom stereocenters. The first kappa shape index (κ1) is 14.2. The van der Waals surface area contributed by atoms with Gasteiger partial charge in [-0.3, -0.25) is 0 Å². The number of urea groups is 1. The van der Waals surface area contributed by atoms with Gasteiger partial charge in [-0.1, -0.05) is 33.6 Å². The average molecular weight is 216 g/mol. The van der Waals surface area contributed by atoms with E-state index in [0.29, 0.717) is 12.5 Å². The van der Waals surface area contributed by atoms with Crippen molar-refractivity contribution in [1.29, 1.82) is 0 Å². The van der Waals surface area contributed by atoms with Crippen molar-refractivity contribution in [2.45, 2.75) is 46.1 Å². The van der Waals surface area contributed by atoms with Gasteiger partial charge in [-0.05, 0) is 12.3 Å². The van der Waals surface area contributed by atoms with E-state index in [2.05, 4.69) is 24.5 Å². The van der Waals surface area contributed by atoms with Crippen LogP contribution in [0.25, 0.3) is 0 Å². The van der Waals surface area contributed by atoms with Crippen LogP contribution in [-0.2, 0) is 0 Å². The third kappa shape index (κ3) is 6.33. The number of rotatable bonds is 7. The molecule has 0 heterocycles. The van der Waals surface area contributed by atoms with Crippen molar-refractivity contribution in [3.8, 4) is 0 Å². The maximum atomic E-state index is 11.4. The van der Waals surface area contributed by atoms with E-state index in [1.165, 1.54) is 0 Å². The van der Waals surface area contributed by atoms with Crippen LogP contribution in [0.3, 0.4) is 0 Å². The SMILES string of the molecule is CCC(CC)CNC(=O)NC(CC)CO. The second-order valence-corrected chi connectivity index (χ2v) is 3.82. The minimum atomic E-state index is -0.178. The molecule has 0 radical (unpaired) electrons. The zero-order chi connectivity index (χ0) is 11.7. The lowest BCUT2D eigenvalue weighted by atomic mass is 10.0. The largest absolute Gasteiger partial charge is 0.394 e. The number of amides is 2. The molecular formula is C11H24N2O2. The average Bonchev–Trinajstić information content (AvgIpc) is 2.27. The van der Waals surface area contributed by atoms with E-state index in [9.17, 15) is 4.79 Å². The molecule has 0 aliphatic heterocycles. The maximum absolute atomic E-state index is 11.4. The number of hydrogen-bond donors (Lipinski definition) is 3. The first-order valence-electron chi connectivity index (χ1n) is 5.83. The van der Waals surface area contributed by atoms with Crippen LogP contribution in [0.15, 0.2) is 0 Å². The van der Waals surface area contributed by atoms with Gasteiger partial charge < -0.3 is 15.7 Å². The van der Waals surface area contributed by atoms with Gasteiger partial charge in [0.1, 0.15) is 0 Å². The highest BCUT2D eigenvalue weighted by atomic mass is 16.3. The van der Waals surface area contributed by atoms with Crippen molar-refractivity contribution in [3.63, 3.8) is 0 Å². The van der Waals surface area contributed by atoms with E-state index < -0.39 is 0 Å². The highest BCUT2D eigenvalue weighted by Gasteiger charge is 2.10. The van der Waals surface area contributed by atoms with Crippen molar-refractivity contribution in [2.24, 2.45) is 5.92 Å². The van der Waals surface area contributed by atoms with Gasteiger partial charge in [0.2, 0.25) is 0 Å². The fraction of sp³-hybridized carbons (Fsp3) is 0.909. The Morgan fingerprint density at radius 2 is 1.80 bits per heavy atom. The predicted molar refractivity (Wildman–Crippen MR) is 61.8 cm³/mol. The number of hydrogen-bond acceptors (Lipinski definition) is 2. The Morgan fingerprint density at radius 3 is 2.20 bits per heavy atom. The highest BCUT2D eigenvalue weighted by Crippen LogP contribution is 2.04. The summed E-state index contributed by atoms with van der Waals surface area (Å²) in [5.41, 5.74) is 0. The fourth-order valence-electron chi connectivity index (χ4n) is 1.33. The van der Waals surface area contributed by atoms with Crippen LogP contribution in [0.5, 0.6) is 0 Å². The Kier molecular flexibility index (Phi) is 8.09. The molecule has 0 spiro atoms. The van der Waals surface area contributed by atoms with Crippen LogP contribution in [0.4, 0.5) is 4.79 Å². The minimum absolute atomic E-state index is 0.00506. The Bertz CT molecular complexity index is 166. The summed E-state index contributed by atoms with van der Waals surface area (Å²) in [6.45, 7) is 6.88. The van der Waals surface area contributed by atoms with Gasteiger partial charge >= 0.3 is 6.03 Å². The molecule has 3 N–H and O–H groups in total. The van der Waals surface area contributed by atoms with Gasteiger partial charge in [0, 0.05) is 6.54 Å². The first-order valence-corrected chi connectivity index (χ1v) is 5.83. The summed E-state index contributed by atoms with van der Waals surface area (Å²) < 4.78 is 0. The first-order chi connectivity index (χ1) is 7.17. The Morgan fingerprint density at radius 1 is 1.20 bits per heavy atom. The monoisotopic (exact) mass is 216 g/mol. The summed E-state index contributed by atoms with van der Waals surface area (Å²) in [5.74, 6) is 0.546. The number of aliphatic hydroxyl groups excluding tert-OH is 1. The molecule has 0 aromatic heterocycles. The molecule has 0 aliphatic carbocycles. The smallest absolute Gasteiger partial charge is 0.315 e. The van der Waals surface area contributed by atoms with Gasteiger partial charge in [-0.15, -0.1) is 0 Å². The van der Waals surface area contributed by atoms with Gasteiger partial charge in [0.25, 0.3) is 0 Å². The van der Waals surface area contributed by atoms with E-state index >= 15 is 0 Å². The molecule has 90 valence electrons. The van der Waals surface area contributed by atoms with E-state index in [0.717, 1.165) is 19.3 Å². The van der Waals surface area contributed by atoms with Crippen molar-refractivity contribution < 1.29 is 9.90 Å². The third-order valence-corrected chi connectivity index (χ3v) is 2.75. The van der Waals surface area contributed by atoms with E-state index in [1.54, 1.807) is 0 Å². The normalized spacial score (nSPS) is 12.6. The zero-order valence-corrected chi connectivity index (χ0v) is 10.0. The Hall–Kier alpha value is -0.770. The molecule has 2 amide bonds. The standard InChI is InChI=1S/C11H24N2O2/c1-4-9(5-2)7-12-11(15)13-10(6-3)8-14/h9-10,14H,4-8H2,1-3H3,(H2,12,13,15). The maximum Gasteiger partial charge on any atom is 0.315 e. The minimum Gasteiger partial charge on any atom is -0.394 e. The van der Waals surface area contributed by atoms with Crippen LogP contribution in [0.1, 0.15) is 40.0 Å². The molecule has 0 aromatic rings. The molecular weight excluding hydrogens is 192 g/mol. The number of aliphatic hydroxyl groups is 1. The number of carbonyl (C=O) groups is 1. The van der Waals surface area contributed by atoms with Crippen LogP contribution in [-0.4, -0.2) is 30.3 Å². The van der Waals surface area contributed by atoms with Crippen molar-refractivity contribution in [3.05, 3.63) is 0 Å². The molecule has 0 fully saturated rings. The van der Waals surface area contributed by atoms with E-state index in [4.69, 9.17) is 5.11 Å². The summed E-state index contributed by atoms with van der Waals surface area (Å²) in [4.78, 5) is 11.4. The van der Waals surface area contributed by atoms with Crippen molar-refractivity contribution >= 4 is 6.03 Å². The molecule has 0 saturated carbocycles. The summed E-state index contributed by atoms with van der Waals surface area (Å²) >= 11 is 0. The van der Waals surface area contributed by atoms with Crippen molar-refractivity contribution in [1.82, 2.24) is 10.6 Å². The lowest BCUT2D eigenvalue weighted by Gasteiger charge is -2.17. The van der Waals surface area contributed by atoms with Crippen LogP contribution >= 0.6 is 0 Å². The highest BCUT2D eigenvalue weighted by molar-refractivity contribution is 5.74. The Labute approximate surface area is 92.4 Å². The van der Waals surface area contributed by atoms with Gasteiger partial charge in [-0.25, -0.2) is 4.79 Å². The molecule has 15 heavy (non-hydrogen) atoms. The van der Waals surface area contributed by atoms with Crippen LogP contribution in [0.2, 0.25) is 0 Å². The molecule has 0 saturated heterocycles. The predicted octanol–water partition coefficient (Wildman–Crippen LogP) is 1.49. The summed E-state index contributed by atoms with van der Waals surface area (Å²) in [5, 5.41) is 14.4. The molecule has 0 aromatic carbocycles. The lowest BCUT2D eigenvalue weighted by molar-refractivity contribution is 0.213. The van der Waals surface area contributed by atoms with Gasteiger partial charge in [-0.2, -0.15) is 0 Å². The molecule has 0 bridgehead atoms. The number of carbonyl (C=O) groups excluding carboxylic acids is 1. The van der Waals surface area contributed by atoms with Crippen LogP contribution < -0.4 is 10.6 Å². The number of nitrogens with one attached hydrogen (secondary N) is 2. The molecule has 4 heteroatoms. The summed E-state index contributed by atoms with van der Waals surface area (Å²) in [6.07, 6.45) is 2.90. The molecule has 0 aliphatic rings. The van der Waals surface area contributed by atoms with Gasteiger partial charge in [0.05, 0.1) is 12.6 Å². The van der Waals surface area contributed by atoms with Crippen molar-refractivity contribution in [2.75, 3.05) is 13.2 Å². The van der Waals surface area contributed by atoms with E-state index in [1.807, 2.05) is 6.92 Å². The van der Waals surface area contributed by atoms with Crippen LogP contribution in [0, 0.1) is 5.92 Å². The lowest BCUT2D eigenvalue weighted by Crippen LogP contribution is -2.44. The zero-order valence-electron chi connectivity index (χ0n) is 10.0. The molecule has 1 atom stereocenters. The second-order valence-electron chi connectivity index (χ2n) is 3.82. The topological polar surface area (TPSA) is 61.4 Å². The quantitative estimate of drug-likeness (QED) is 0.604. The molecule has 0 rings (SSSR count). The summed E-state index contributed by atoms with van der Waals surface area (Å²) in [7, 11) is 0.